The largest absolute Gasteiger partial charge is 0.450 e. The zero-order chi connectivity index (χ0) is 22.8. The van der Waals surface area contributed by atoms with Crippen LogP contribution in [0.2, 0.25) is 0 Å². The number of nitrogens with zero attached hydrogens (tertiary/aromatic N) is 3. The zero-order valence-corrected chi connectivity index (χ0v) is 19.2. The number of carbonyl (C=O) groups excluding carboxylic acids is 1. The van der Waals surface area contributed by atoms with Crippen molar-refractivity contribution in [3.05, 3.63) is 35.6 Å². The van der Waals surface area contributed by atoms with Crippen LogP contribution in [0.15, 0.2) is 29.3 Å². The molecule has 3 rings (SSSR count). The summed E-state index contributed by atoms with van der Waals surface area (Å²) in [6.45, 7) is 9.95. The molecule has 2 aliphatic heterocycles. The summed E-state index contributed by atoms with van der Waals surface area (Å²) in [6, 6.07) is 7.00. The molecule has 2 heterocycles. The van der Waals surface area contributed by atoms with E-state index in [1.807, 2.05) is 26.0 Å². The predicted octanol–water partition coefficient (Wildman–Crippen LogP) is 2.38. The van der Waals surface area contributed by atoms with E-state index >= 15 is 0 Å². The Balaban J connectivity index is 1.63. The maximum absolute atomic E-state index is 13.5. The van der Waals surface area contributed by atoms with Crippen molar-refractivity contribution in [2.75, 3.05) is 59.1 Å². The first-order valence-electron chi connectivity index (χ1n) is 11.6. The third kappa shape index (κ3) is 7.06. The van der Waals surface area contributed by atoms with Gasteiger partial charge in [-0.3, -0.25) is 9.89 Å². The average molecular weight is 450 g/mol. The fourth-order valence-electron chi connectivity index (χ4n) is 4.12. The molecule has 0 bridgehead atoms. The summed E-state index contributed by atoms with van der Waals surface area (Å²) in [6.07, 6.45) is 1.45. The lowest BCUT2D eigenvalue weighted by Crippen LogP contribution is -2.50. The molecule has 8 nitrogen and oxygen atoms in total. The number of rotatable bonds is 7. The molecule has 0 aromatic heterocycles. The van der Waals surface area contributed by atoms with Crippen LogP contribution >= 0.6 is 0 Å². The van der Waals surface area contributed by atoms with Crippen LogP contribution in [-0.4, -0.2) is 87.0 Å². The van der Waals surface area contributed by atoms with Crippen molar-refractivity contribution in [1.29, 1.82) is 0 Å². The van der Waals surface area contributed by atoms with Gasteiger partial charge in [-0.15, -0.1) is 0 Å². The van der Waals surface area contributed by atoms with Gasteiger partial charge in [-0.25, -0.2) is 9.18 Å². The number of morpholine rings is 1. The van der Waals surface area contributed by atoms with Gasteiger partial charge in [0.25, 0.3) is 0 Å². The molecule has 1 aromatic carbocycles. The quantitative estimate of drug-likeness (QED) is 0.492. The highest BCUT2D eigenvalue weighted by Crippen LogP contribution is 2.23. The van der Waals surface area contributed by atoms with Gasteiger partial charge in [0.15, 0.2) is 5.96 Å². The molecule has 1 aromatic rings. The summed E-state index contributed by atoms with van der Waals surface area (Å²) in [5.41, 5.74) is 1.05. The predicted molar refractivity (Wildman–Crippen MR) is 122 cm³/mol. The Kier molecular flexibility index (Phi) is 9.55. The van der Waals surface area contributed by atoms with Gasteiger partial charge >= 0.3 is 6.09 Å². The van der Waals surface area contributed by atoms with Gasteiger partial charge in [-0.05, 0) is 44.4 Å². The minimum atomic E-state index is -0.237. The lowest BCUT2D eigenvalue weighted by molar-refractivity contribution is 0.0179. The van der Waals surface area contributed by atoms with Crippen LogP contribution in [0.5, 0.6) is 0 Å². The second kappa shape index (κ2) is 12.6. The monoisotopic (exact) mass is 449 g/mol. The first kappa shape index (κ1) is 24.3. The van der Waals surface area contributed by atoms with Crippen LogP contribution in [0, 0.1) is 5.82 Å². The van der Waals surface area contributed by atoms with Gasteiger partial charge < -0.3 is 25.0 Å². The SMILES string of the molecule is CCNC(=NCC(c1ccc(F)cc1)N1CCOCC1)NC1CCN(C(=O)OCC)CC1. The molecule has 9 heteroatoms. The normalized spacial score (nSPS) is 19.5. The lowest BCUT2D eigenvalue weighted by Gasteiger charge is -2.34. The van der Waals surface area contributed by atoms with E-state index in [1.54, 1.807) is 4.90 Å². The number of hydrogen-bond donors (Lipinski definition) is 2. The average Bonchev–Trinajstić information content (AvgIpc) is 2.82. The van der Waals surface area contributed by atoms with Gasteiger partial charge in [0.1, 0.15) is 5.82 Å². The highest BCUT2D eigenvalue weighted by atomic mass is 19.1. The van der Waals surface area contributed by atoms with E-state index in [2.05, 4.69) is 15.5 Å². The first-order chi connectivity index (χ1) is 15.6. The summed E-state index contributed by atoms with van der Waals surface area (Å²) >= 11 is 0. The van der Waals surface area contributed by atoms with E-state index in [9.17, 15) is 9.18 Å². The molecule has 0 saturated carbocycles. The number of likely N-dealkylation sites (tertiary alicyclic amines) is 1. The Hall–Kier alpha value is -2.39. The smallest absolute Gasteiger partial charge is 0.409 e. The molecule has 1 unspecified atom stereocenters. The standard InChI is InChI=1S/C23H36FN5O3/c1-3-25-22(27-20-9-11-29(12-10-20)23(30)32-4-2)26-17-21(28-13-15-31-16-14-28)18-5-7-19(24)8-6-18/h5-8,20-21H,3-4,9-17H2,1-2H3,(H2,25,26,27). The van der Waals surface area contributed by atoms with E-state index in [0.29, 0.717) is 39.5 Å². The number of hydrogen-bond acceptors (Lipinski definition) is 5. The van der Waals surface area contributed by atoms with Crippen LogP contribution in [0.3, 0.4) is 0 Å². The highest BCUT2D eigenvalue weighted by Gasteiger charge is 2.25. The number of benzene rings is 1. The summed E-state index contributed by atoms with van der Waals surface area (Å²) in [5, 5.41) is 6.86. The Morgan fingerprint density at radius 3 is 2.50 bits per heavy atom. The molecule has 2 fully saturated rings. The van der Waals surface area contributed by atoms with Crippen molar-refractivity contribution in [2.45, 2.75) is 38.8 Å². The lowest BCUT2D eigenvalue weighted by atomic mass is 10.0. The van der Waals surface area contributed by atoms with Gasteiger partial charge in [0.2, 0.25) is 0 Å². The summed E-state index contributed by atoms with van der Waals surface area (Å²) in [5.74, 6) is 0.532. The summed E-state index contributed by atoms with van der Waals surface area (Å²) in [7, 11) is 0. The van der Waals surface area contributed by atoms with Gasteiger partial charge in [-0.2, -0.15) is 0 Å². The molecule has 178 valence electrons. The topological polar surface area (TPSA) is 78.4 Å². The second-order valence-electron chi connectivity index (χ2n) is 8.04. The van der Waals surface area contributed by atoms with E-state index in [4.69, 9.17) is 14.5 Å². The van der Waals surface area contributed by atoms with E-state index in [1.165, 1.54) is 12.1 Å². The van der Waals surface area contributed by atoms with Crippen molar-refractivity contribution in [1.82, 2.24) is 20.4 Å². The number of halogens is 1. The number of amides is 1. The van der Waals surface area contributed by atoms with Crippen molar-refractivity contribution in [2.24, 2.45) is 4.99 Å². The Labute approximate surface area is 190 Å². The fraction of sp³-hybridized carbons (Fsp3) is 0.652. The van der Waals surface area contributed by atoms with Crippen LogP contribution in [0.25, 0.3) is 0 Å². The molecule has 2 N–H and O–H groups in total. The molecular formula is C23H36FN5O3. The van der Waals surface area contributed by atoms with Crippen LogP contribution in [0.4, 0.5) is 9.18 Å². The zero-order valence-electron chi connectivity index (χ0n) is 19.2. The maximum atomic E-state index is 13.5. The minimum Gasteiger partial charge on any atom is -0.450 e. The Bertz CT molecular complexity index is 732. The van der Waals surface area contributed by atoms with Crippen molar-refractivity contribution in [3.8, 4) is 0 Å². The molecule has 1 atom stereocenters. The van der Waals surface area contributed by atoms with Gasteiger partial charge in [-0.1, -0.05) is 12.1 Å². The molecule has 32 heavy (non-hydrogen) atoms. The number of aliphatic imine (C=N–C) groups is 1. The summed E-state index contributed by atoms with van der Waals surface area (Å²) < 4.78 is 24.1. The summed E-state index contributed by atoms with van der Waals surface area (Å²) in [4.78, 5) is 20.9. The molecule has 2 saturated heterocycles. The van der Waals surface area contributed by atoms with Crippen LogP contribution < -0.4 is 10.6 Å². The van der Waals surface area contributed by atoms with Crippen molar-refractivity contribution in [3.63, 3.8) is 0 Å². The number of nitrogens with one attached hydrogen (secondary N) is 2. The molecule has 0 aliphatic carbocycles. The van der Waals surface area contributed by atoms with Crippen LogP contribution in [-0.2, 0) is 9.47 Å². The fourth-order valence-corrected chi connectivity index (χ4v) is 4.12. The van der Waals surface area contributed by atoms with E-state index in [-0.39, 0.29) is 24.0 Å². The third-order valence-corrected chi connectivity index (χ3v) is 5.87. The first-order valence-corrected chi connectivity index (χ1v) is 11.6. The van der Waals surface area contributed by atoms with Gasteiger partial charge in [0.05, 0.1) is 32.4 Å². The Morgan fingerprint density at radius 2 is 1.88 bits per heavy atom. The third-order valence-electron chi connectivity index (χ3n) is 5.87. The second-order valence-corrected chi connectivity index (χ2v) is 8.04. The Morgan fingerprint density at radius 1 is 1.19 bits per heavy atom. The number of guanidine groups is 1. The minimum absolute atomic E-state index is 0.0561. The molecule has 2 aliphatic rings. The van der Waals surface area contributed by atoms with Crippen LogP contribution in [0.1, 0.15) is 38.3 Å². The number of carbonyl (C=O) groups is 1. The molecule has 0 spiro atoms. The molecular weight excluding hydrogens is 413 g/mol. The van der Waals surface area contributed by atoms with Crippen molar-refractivity contribution >= 4 is 12.1 Å². The maximum Gasteiger partial charge on any atom is 0.409 e. The number of piperidine rings is 1. The highest BCUT2D eigenvalue weighted by molar-refractivity contribution is 5.80. The number of ether oxygens (including phenoxy) is 2. The molecule has 1 amide bonds. The van der Waals surface area contributed by atoms with E-state index < -0.39 is 0 Å². The van der Waals surface area contributed by atoms with E-state index in [0.717, 1.165) is 44.0 Å². The molecule has 0 radical (unpaired) electrons. The van der Waals surface area contributed by atoms with Crippen molar-refractivity contribution < 1.29 is 18.7 Å². The van der Waals surface area contributed by atoms with Gasteiger partial charge in [0, 0.05) is 38.8 Å².